The van der Waals surface area contributed by atoms with E-state index in [1.807, 2.05) is 12.1 Å². The number of aromatic hydroxyl groups is 1. The van der Waals surface area contributed by atoms with Crippen molar-refractivity contribution in [3.8, 4) is 5.75 Å². The number of aliphatic hydroxyl groups is 1. The summed E-state index contributed by atoms with van der Waals surface area (Å²) in [6, 6.07) is 7.23. The normalized spacial score (nSPS) is 18.5. The molecule has 0 spiro atoms. The van der Waals surface area contributed by atoms with Crippen LogP contribution in [-0.2, 0) is 6.42 Å². The van der Waals surface area contributed by atoms with Crippen LogP contribution in [0.3, 0.4) is 0 Å². The highest BCUT2D eigenvalue weighted by Crippen LogP contribution is 2.39. The Morgan fingerprint density at radius 3 is 2.69 bits per heavy atom. The minimum atomic E-state index is -0.383. The Kier molecular flexibility index (Phi) is 2.00. The first-order chi connectivity index (χ1) is 6.18. The number of phenolic OH excluding ortho intramolecular Hbond substituents is 1. The summed E-state index contributed by atoms with van der Waals surface area (Å²) in [5, 5.41) is 18.8. The molecule has 1 aliphatic rings. The molecule has 0 saturated heterocycles. The highest BCUT2D eigenvalue weighted by molar-refractivity contribution is 5.27. The van der Waals surface area contributed by atoms with Gasteiger partial charge in [-0.15, -0.1) is 0 Å². The van der Waals surface area contributed by atoms with Crippen molar-refractivity contribution in [2.75, 3.05) is 0 Å². The molecule has 1 saturated carbocycles. The lowest BCUT2D eigenvalue weighted by atomic mass is 10.1. The predicted molar refractivity (Wildman–Crippen MR) is 50.6 cm³/mol. The third-order valence-electron chi connectivity index (χ3n) is 2.62. The minimum absolute atomic E-state index is 0.306. The van der Waals surface area contributed by atoms with Crippen molar-refractivity contribution in [3.05, 3.63) is 29.8 Å². The third kappa shape index (κ3) is 2.22. The zero-order valence-corrected chi connectivity index (χ0v) is 7.53. The smallest absolute Gasteiger partial charge is 0.115 e. The van der Waals surface area contributed by atoms with Crippen LogP contribution >= 0.6 is 0 Å². The monoisotopic (exact) mass is 178 g/mol. The number of benzene rings is 1. The van der Waals surface area contributed by atoms with Crippen LogP contribution in [0.1, 0.15) is 24.8 Å². The van der Waals surface area contributed by atoms with Gasteiger partial charge in [0.15, 0.2) is 0 Å². The van der Waals surface area contributed by atoms with Crippen molar-refractivity contribution >= 4 is 0 Å². The molecule has 0 unspecified atom stereocenters. The Balaban J connectivity index is 1.94. The second-order valence-corrected chi connectivity index (χ2v) is 3.89. The Bertz CT molecular complexity index is 303. The maximum atomic E-state index is 9.60. The molecule has 1 aromatic carbocycles. The van der Waals surface area contributed by atoms with Crippen LogP contribution in [-0.4, -0.2) is 15.8 Å². The van der Waals surface area contributed by atoms with Crippen molar-refractivity contribution in [2.24, 2.45) is 0 Å². The van der Waals surface area contributed by atoms with Crippen LogP contribution in [0, 0.1) is 0 Å². The fraction of sp³-hybridized carbons (Fsp3) is 0.455. The summed E-state index contributed by atoms with van der Waals surface area (Å²) in [6.07, 6.45) is 3.54. The summed E-state index contributed by atoms with van der Waals surface area (Å²) in [7, 11) is 0. The quantitative estimate of drug-likeness (QED) is 0.741. The van der Waals surface area contributed by atoms with E-state index in [1.165, 1.54) is 0 Å². The molecule has 0 aliphatic heterocycles. The molecule has 2 N–H and O–H groups in total. The molecule has 2 nitrogen and oxygen atoms in total. The van der Waals surface area contributed by atoms with E-state index in [0.29, 0.717) is 5.75 Å². The van der Waals surface area contributed by atoms with E-state index in [-0.39, 0.29) is 5.60 Å². The first-order valence-corrected chi connectivity index (χ1v) is 4.68. The van der Waals surface area contributed by atoms with Gasteiger partial charge in [0, 0.05) is 0 Å². The molecule has 0 amide bonds. The molecule has 0 aromatic heterocycles. The summed E-state index contributed by atoms with van der Waals surface area (Å²) >= 11 is 0. The largest absolute Gasteiger partial charge is 0.508 e. The summed E-state index contributed by atoms with van der Waals surface area (Å²) in [5.41, 5.74) is 0.714. The van der Waals surface area contributed by atoms with Crippen LogP contribution in [0.15, 0.2) is 24.3 Å². The molecule has 0 bridgehead atoms. The van der Waals surface area contributed by atoms with E-state index in [0.717, 1.165) is 31.2 Å². The summed E-state index contributed by atoms with van der Waals surface area (Å²) < 4.78 is 0. The fourth-order valence-corrected chi connectivity index (χ4v) is 1.48. The van der Waals surface area contributed by atoms with Crippen molar-refractivity contribution in [3.63, 3.8) is 0 Å². The highest BCUT2D eigenvalue weighted by Gasteiger charge is 2.39. The second kappa shape index (κ2) is 3.04. The lowest BCUT2D eigenvalue weighted by Crippen LogP contribution is -2.07. The van der Waals surface area contributed by atoms with Gasteiger partial charge in [0.2, 0.25) is 0 Å². The molecule has 0 heterocycles. The zero-order chi connectivity index (χ0) is 9.31. The third-order valence-corrected chi connectivity index (χ3v) is 2.62. The molecular weight excluding hydrogens is 164 g/mol. The number of rotatable bonds is 3. The highest BCUT2D eigenvalue weighted by atomic mass is 16.3. The standard InChI is InChI=1S/C11H14O2/c12-10-3-1-2-9(8-10)4-5-11(13)6-7-11/h1-3,8,12-13H,4-7H2. The molecule has 2 rings (SSSR count). The summed E-state index contributed by atoms with van der Waals surface area (Å²) in [6.45, 7) is 0. The van der Waals surface area contributed by atoms with Gasteiger partial charge in [-0.3, -0.25) is 0 Å². The van der Waals surface area contributed by atoms with Crippen molar-refractivity contribution < 1.29 is 10.2 Å². The minimum Gasteiger partial charge on any atom is -0.508 e. The van der Waals surface area contributed by atoms with Crippen LogP contribution in [0.5, 0.6) is 5.75 Å². The van der Waals surface area contributed by atoms with Crippen molar-refractivity contribution in [1.29, 1.82) is 0 Å². The van der Waals surface area contributed by atoms with Gasteiger partial charge in [-0.1, -0.05) is 12.1 Å². The van der Waals surface area contributed by atoms with Crippen LogP contribution < -0.4 is 0 Å². The number of aryl methyl sites for hydroxylation is 1. The van der Waals surface area contributed by atoms with E-state index in [4.69, 9.17) is 0 Å². The van der Waals surface area contributed by atoms with Crippen LogP contribution in [0.2, 0.25) is 0 Å². The van der Waals surface area contributed by atoms with Gasteiger partial charge in [-0.05, 0) is 43.4 Å². The van der Waals surface area contributed by atoms with E-state index in [2.05, 4.69) is 0 Å². The molecular formula is C11H14O2. The maximum absolute atomic E-state index is 9.60. The van der Waals surface area contributed by atoms with E-state index in [1.54, 1.807) is 12.1 Å². The summed E-state index contributed by atoms with van der Waals surface area (Å²) in [4.78, 5) is 0. The first-order valence-electron chi connectivity index (χ1n) is 4.68. The van der Waals surface area contributed by atoms with Gasteiger partial charge < -0.3 is 10.2 Å². The fourth-order valence-electron chi connectivity index (χ4n) is 1.48. The first kappa shape index (κ1) is 8.57. The Hall–Kier alpha value is -1.02. The molecule has 0 radical (unpaired) electrons. The van der Waals surface area contributed by atoms with E-state index >= 15 is 0 Å². The molecule has 1 aromatic rings. The molecule has 1 aliphatic carbocycles. The number of phenols is 1. The lowest BCUT2D eigenvalue weighted by Gasteiger charge is -2.06. The van der Waals surface area contributed by atoms with E-state index in [9.17, 15) is 10.2 Å². The molecule has 2 heteroatoms. The van der Waals surface area contributed by atoms with Crippen molar-refractivity contribution in [1.82, 2.24) is 0 Å². The second-order valence-electron chi connectivity index (χ2n) is 3.89. The van der Waals surface area contributed by atoms with Crippen molar-refractivity contribution in [2.45, 2.75) is 31.3 Å². The topological polar surface area (TPSA) is 40.5 Å². The average Bonchev–Trinajstić information content (AvgIpc) is 2.82. The van der Waals surface area contributed by atoms with E-state index < -0.39 is 0 Å². The Morgan fingerprint density at radius 2 is 2.08 bits per heavy atom. The maximum Gasteiger partial charge on any atom is 0.115 e. The van der Waals surface area contributed by atoms with Gasteiger partial charge in [-0.2, -0.15) is 0 Å². The molecule has 70 valence electrons. The van der Waals surface area contributed by atoms with Gasteiger partial charge in [-0.25, -0.2) is 0 Å². The van der Waals surface area contributed by atoms with Crippen LogP contribution in [0.4, 0.5) is 0 Å². The van der Waals surface area contributed by atoms with Crippen LogP contribution in [0.25, 0.3) is 0 Å². The van der Waals surface area contributed by atoms with Gasteiger partial charge >= 0.3 is 0 Å². The lowest BCUT2D eigenvalue weighted by molar-refractivity contribution is 0.140. The number of hydrogen-bond acceptors (Lipinski definition) is 2. The van der Waals surface area contributed by atoms with Gasteiger partial charge in [0.25, 0.3) is 0 Å². The molecule has 0 atom stereocenters. The zero-order valence-electron chi connectivity index (χ0n) is 7.53. The predicted octanol–water partition coefficient (Wildman–Crippen LogP) is 1.85. The average molecular weight is 178 g/mol. The number of hydrogen-bond donors (Lipinski definition) is 2. The van der Waals surface area contributed by atoms with Gasteiger partial charge in [0.05, 0.1) is 5.60 Å². The molecule has 1 fully saturated rings. The molecule has 13 heavy (non-hydrogen) atoms. The Labute approximate surface area is 77.8 Å². The van der Waals surface area contributed by atoms with Gasteiger partial charge in [0.1, 0.15) is 5.75 Å². The summed E-state index contributed by atoms with van der Waals surface area (Å²) in [5.74, 6) is 0.306. The Morgan fingerprint density at radius 1 is 1.31 bits per heavy atom. The SMILES string of the molecule is Oc1cccc(CCC2(O)CC2)c1.